The Balaban J connectivity index is 0.000000371. The van der Waals surface area contributed by atoms with E-state index in [-0.39, 0.29) is 0 Å². The van der Waals surface area contributed by atoms with Crippen molar-refractivity contribution in [3.63, 3.8) is 0 Å². The molecule has 0 amide bonds. The maximum Gasteiger partial charge on any atom is 0.328 e. The Bertz CT molecular complexity index is 1140. The normalized spacial score (nSPS) is 16.6. The summed E-state index contributed by atoms with van der Waals surface area (Å²) < 4.78 is 8.05. The number of aromatic nitrogens is 2. The van der Waals surface area contributed by atoms with E-state index in [0.717, 1.165) is 67.5 Å². The molecule has 1 aromatic carbocycles. The summed E-state index contributed by atoms with van der Waals surface area (Å²) in [6.07, 6.45) is 4.58. The first-order chi connectivity index (χ1) is 16.9. The Hall–Kier alpha value is -3.63. The molecule has 1 saturated heterocycles. The van der Waals surface area contributed by atoms with Crippen LogP contribution in [0.4, 0.5) is 5.95 Å². The smallest absolute Gasteiger partial charge is 0.328 e. The topological polar surface area (TPSA) is 147 Å². The molecule has 35 heavy (non-hydrogen) atoms. The number of nitrogens with one attached hydrogen (secondary N) is 1. The number of imidazole rings is 1. The first-order valence-electron chi connectivity index (χ1n) is 11.7. The molecular weight excluding hydrogens is 450 g/mol. The number of nitrogens with zero attached hydrogens (tertiary/aromatic N) is 3. The van der Waals surface area contributed by atoms with Crippen LogP contribution in [0.5, 0.6) is 0 Å². The minimum Gasteiger partial charge on any atom is -0.478 e. The summed E-state index contributed by atoms with van der Waals surface area (Å²) in [6, 6.07) is 12.8. The van der Waals surface area contributed by atoms with Gasteiger partial charge in [0.1, 0.15) is 11.5 Å². The third-order valence-corrected chi connectivity index (χ3v) is 5.73. The maximum absolute atomic E-state index is 9.55. The molecule has 1 aliphatic rings. The van der Waals surface area contributed by atoms with Crippen LogP contribution in [0.15, 0.2) is 53.0 Å². The lowest BCUT2D eigenvalue weighted by atomic mass is 10.1. The molecule has 10 nitrogen and oxygen atoms in total. The number of likely N-dealkylation sites (tertiary alicyclic amines) is 1. The van der Waals surface area contributed by atoms with E-state index in [1.54, 1.807) is 0 Å². The number of furan rings is 1. The second kappa shape index (κ2) is 12.7. The first-order valence-corrected chi connectivity index (χ1v) is 11.7. The lowest BCUT2D eigenvalue weighted by Gasteiger charge is -2.20. The molecular formula is C25H33N5O5. The third kappa shape index (κ3) is 7.97. The van der Waals surface area contributed by atoms with Crippen LogP contribution in [0.2, 0.25) is 0 Å². The lowest BCUT2D eigenvalue weighted by molar-refractivity contribution is -0.134. The van der Waals surface area contributed by atoms with Crippen molar-refractivity contribution < 1.29 is 24.2 Å². The molecule has 0 aliphatic carbocycles. The Kier molecular flexibility index (Phi) is 9.45. The number of anilines is 1. The average Bonchev–Trinajstić information content (AvgIpc) is 3.30. The van der Waals surface area contributed by atoms with Crippen molar-refractivity contribution in [2.75, 3.05) is 31.5 Å². The van der Waals surface area contributed by atoms with Gasteiger partial charge >= 0.3 is 11.9 Å². The van der Waals surface area contributed by atoms with Crippen molar-refractivity contribution in [2.24, 2.45) is 5.73 Å². The Morgan fingerprint density at radius 1 is 1.14 bits per heavy atom. The quantitative estimate of drug-likeness (QED) is 0.355. The number of benzene rings is 1. The van der Waals surface area contributed by atoms with E-state index in [1.165, 1.54) is 6.42 Å². The molecule has 0 spiro atoms. The Morgan fingerprint density at radius 3 is 2.54 bits per heavy atom. The van der Waals surface area contributed by atoms with Gasteiger partial charge in [0.15, 0.2) is 0 Å². The molecule has 0 radical (unpaired) electrons. The number of carbonyl (C=O) groups is 2. The van der Waals surface area contributed by atoms with Crippen LogP contribution in [-0.4, -0.2) is 68.8 Å². The Labute approximate surface area is 204 Å². The van der Waals surface area contributed by atoms with Gasteiger partial charge in [-0.1, -0.05) is 12.1 Å². The van der Waals surface area contributed by atoms with Crippen LogP contribution in [0.3, 0.4) is 0 Å². The number of nitrogens with two attached hydrogens (primary N) is 1. The number of aliphatic carboxylic acids is 2. The molecule has 3 aromatic rings. The molecule has 2 aromatic heterocycles. The van der Waals surface area contributed by atoms with Gasteiger partial charge in [0.2, 0.25) is 5.95 Å². The van der Waals surface area contributed by atoms with Crippen molar-refractivity contribution in [2.45, 2.75) is 38.8 Å². The van der Waals surface area contributed by atoms with Crippen molar-refractivity contribution >= 4 is 28.9 Å². The number of rotatable bonds is 8. The van der Waals surface area contributed by atoms with E-state index in [1.807, 2.05) is 25.1 Å². The highest BCUT2D eigenvalue weighted by molar-refractivity contribution is 5.89. The highest BCUT2D eigenvalue weighted by atomic mass is 16.4. The molecule has 188 valence electrons. The zero-order valence-electron chi connectivity index (χ0n) is 19.9. The van der Waals surface area contributed by atoms with Crippen molar-refractivity contribution in [3.05, 3.63) is 60.1 Å². The van der Waals surface area contributed by atoms with E-state index < -0.39 is 11.9 Å². The van der Waals surface area contributed by atoms with Gasteiger partial charge in [-0.15, -0.1) is 0 Å². The van der Waals surface area contributed by atoms with Crippen molar-refractivity contribution in [1.82, 2.24) is 14.5 Å². The van der Waals surface area contributed by atoms with Gasteiger partial charge in [-0.3, -0.25) is 0 Å². The fraction of sp³-hybridized carbons (Fsp3) is 0.400. The molecule has 1 fully saturated rings. The van der Waals surface area contributed by atoms with Crippen molar-refractivity contribution in [1.29, 1.82) is 0 Å². The minimum absolute atomic E-state index is 0.432. The summed E-state index contributed by atoms with van der Waals surface area (Å²) in [7, 11) is 0. The molecule has 10 heteroatoms. The summed E-state index contributed by atoms with van der Waals surface area (Å²) in [5.41, 5.74) is 7.87. The molecule has 4 rings (SSSR count). The number of carboxylic acids is 2. The molecule has 3 heterocycles. The predicted octanol–water partition coefficient (Wildman–Crippen LogP) is 2.92. The monoisotopic (exact) mass is 483 g/mol. The van der Waals surface area contributed by atoms with Crippen LogP contribution in [-0.2, 0) is 16.1 Å². The molecule has 0 bridgehead atoms. The van der Waals surface area contributed by atoms with Crippen LogP contribution < -0.4 is 11.1 Å². The summed E-state index contributed by atoms with van der Waals surface area (Å²) in [6.45, 7) is 6.61. The average molecular weight is 484 g/mol. The van der Waals surface area contributed by atoms with Gasteiger partial charge in [-0.25, -0.2) is 14.6 Å². The zero-order valence-corrected chi connectivity index (χ0v) is 19.9. The fourth-order valence-corrected chi connectivity index (χ4v) is 4.10. The van der Waals surface area contributed by atoms with Gasteiger partial charge in [0.25, 0.3) is 0 Å². The number of aryl methyl sites for hydroxylation is 1. The summed E-state index contributed by atoms with van der Waals surface area (Å²) in [5.74, 6) is 0.309. The fourth-order valence-electron chi connectivity index (χ4n) is 4.10. The number of hydrogen-bond acceptors (Lipinski definition) is 7. The number of fused-ring (bicyclic) bond motifs is 1. The van der Waals surface area contributed by atoms with Crippen LogP contribution in [0, 0.1) is 6.92 Å². The summed E-state index contributed by atoms with van der Waals surface area (Å²) in [5, 5.41) is 19.3. The van der Waals surface area contributed by atoms with E-state index in [0.29, 0.717) is 24.7 Å². The first kappa shape index (κ1) is 26.0. The molecule has 1 aliphatic heterocycles. The van der Waals surface area contributed by atoms with Crippen LogP contribution in [0.1, 0.15) is 30.8 Å². The van der Waals surface area contributed by atoms with Crippen LogP contribution in [0.25, 0.3) is 11.0 Å². The number of carboxylic acid groups (broad SMARTS) is 2. The molecule has 5 N–H and O–H groups in total. The zero-order chi connectivity index (χ0) is 25.2. The second-order valence-corrected chi connectivity index (χ2v) is 8.43. The highest BCUT2D eigenvalue weighted by Gasteiger charge is 2.20. The molecule has 1 atom stereocenters. The summed E-state index contributed by atoms with van der Waals surface area (Å²) >= 11 is 0. The SMILES string of the molecule is Cc1ccc(Cn2c(NC3CCCN(CCN)CC3)nc3ccccc32)o1.O=C(O)/C=C/C(=O)O. The van der Waals surface area contributed by atoms with Gasteiger partial charge in [0.05, 0.1) is 17.6 Å². The summed E-state index contributed by atoms with van der Waals surface area (Å²) in [4.78, 5) is 26.4. The van der Waals surface area contributed by atoms with E-state index >= 15 is 0 Å². The number of hydrogen-bond donors (Lipinski definition) is 4. The van der Waals surface area contributed by atoms with Gasteiger partial charge < -0.3 is 35.1 Å². The van der Waals surface area contributed by atoms with Gasteiger partial charge in [0, 0.05) is 37.8 Å². The van der Waals surface area contributed by atoms with E-state index in [9.17, 15) is 9.59 Å². The largest absolute Gasteiger partial charge is 0.478 e. The maximum atomic E-state index is 9.55. The molecule has 0 saturated carbocycles. The number of para-hydroxylation sites is 2. The van der Waals surface area contributed by atoms with Crippen molar-refractivity contribution in [3.8, 4) is 0 Å². The second-order valence-electron chi connectivity index (χ2n) is 8.43. The Morgan fingerprint density at radius 2 is 1.89 bits per heavy atom. The standard InChI is InChI=1S/C21H29N5O.C4H4O4/c1-16-8-9-18(27-16)15-26-20-7-3-2-6-19(20)24-21(26)23-17-5-4-12-25(13-10-17)14-11-22;5-3(6)1-2-4(7)8/h2-3,6-9,17H,4-5,10-15,22H2,1H3,(H,23,24);1-2H,(H,5,6)(H,7,8)/b;2-1+. The minimum atomic E-state index is -1.26. The predicted molar refractivity (Wildman–Crippen MR) is 133 cm³/mol. The van der Waals surface area contributed by atoms with Gasteiger partial charge in [-0.2, -0.15) is 0 Å². The third-order valence-electron chi connectivity index (χ3n) is 5.73. The lowest BCUT2D eigenvalue weighted by Crippen LogP contribution is -2.31. The highest BCUT2D eigenvalue weighted by Crippen LogP contribution is 2.24. The van der Waals surface area contributed by atoms with Crippen LogP contribution >= 0.6 is 0 Å². The molecule has 1 unspecified atom stereocenters. The van der Waals surface area contributed by atoms with E-state index in [2.05, 4.69) is 33.0 Å². The van der Waals surface area contributed by atoms with Gasteiger partial charge in [-0.05, 0) is 57.0 Å². The van der Waals surface area contributed by atoms with E-state index in [4.69, 9.17) is 25.3 Å².